The van der Waals surface area contributed by atoms with E-state index in [-0.39, 0.29) is 11.6 Å². The largest absolute Gasteiger partial charge is 0.344 e. The van der Waals surface area contributed by atoms with Gasteiger partial charge >= 0.3 is 5.69 Å². The molecule has 0 saturated heterocycles. The van der Waals surface area contributed by atoms with E-state index in [1.807, 2.05) is 19.9 Å². The summed E-state index contributed by atoms with van der Waals surface area (Å²) in [6.07, 6.45) is 2.08. The highest BCUT2D eigenvalue weighted by Gasteiger charge is 2.29. The zero-order valence-corrected chi connectivity index (χ0v) is 13.5. The van der Waals surface area contributed by atoms with Crippen LogP contribution in [0.25, 0.3) is 0 Å². The molecule has 3 rings (SSSR count). The van der Waals surface area contributed by atoms with Gasteiger partial charge in [-0.3, -0.25) is 4.57 Å². The first-order valence-corrected chi connectivity index (χ1v) is 8.05. The number of hydrogen-bond acceptors (Lipinski definition) is 5. The highest BCUT2D eigenvalue weighted by Crippen LogP contribution is 2.37. The summed E-state index contributed by atoms with van der Waals surface area (Å²) in [6, 6.07) is 2.13. The molecule has 2 aromatic heterocycles. The lowest BCUT2D eigenvalue weighted by Crippen LogP contribution is -2.16. The number of aromatic amines is 1. The minimum atomic E-state index is -0.146. The van der Waals surface area contributed by atoms with Crippen LogP contribution in [0.5, 0.6) is 0 Å². The molecule has 0 bridgehead atoms. The van der Waals surface area contributed by atoms with Gasteiger partial charge < -0.3 is 0 Å². The predicted molar refractivity (Wildman–Crippen MR) is 79.1 cm³/mol. The van der Waals surface area contributed by atoms with E-state index in [1.165, 1.54) is 11.8 Å². The molecular weight excluding hydrogens is 342 g/mol. The molecule has 2 heterocycles. The van der Waals surface area contributed by atoms with E-state index in [2.05, 4.69) is 36.1 Å². The lowest BCUT2D eigenvalue weighted by Gasteiger charge is -2.07. The average Bonchev–Trinajstić information content (AvgIpc) is 3.14. The lowest BCUT2D eigenvalue weighted by molar-refractivity contribution is 0.641. The molecule has 1 fully saturated rings. The molecule has 0 atom stereocenters. The van der Waals surface area contributed by atoms with Crippen LogP contribution >= 0.6 is 27.7 Å². The maximum atomic E-state index is 11.7. The molecule has 0 radical (unpaired) electrons. The zero-order valence-electron chi connectivity index (χ0n) is 11.1. The smallest absolute Gasteiger partial charge is 0.267 e. The maximum absolute atomic E-state index is 11.7. The lowest BCUT2D eigenvalue weighted by atomic mass is 10.2. The van der Waals surface area contributed by atoms with E-state index in [0.717, 1.165) is 28.3 Å². The van der Waals surface area contributed by atoms with Crippen LogP contribution in [-0.4, -0.2) is 24.7 Å². The van der Waals surface area contributed by atoms with Crippen LogP contribution in [0.3, 0.4) is 0 Å². The molecule has 8 heteroatoms. The molecule has 0 spiro atoms. The van der Waals surface area contributed by atoms with Gasteiger partial charge in [0.2, 0.25) is 0 Å². The number of halogens is 1. The second kappa shape index (κ2) is 5.33. The van der Waals surface area contributed by atoms with Gasteiger partial charge in [-0.25, -0.2) is 19.9 Å². The van der Waals surface area contributed by atoms with Gasteiger partial charge in [0.05, 0.1) is 0 Å². The summed E-state index contributed by atoms with van der Waals surface area (Å²) in [7, 11) is 0. The maximum Gasteiger partial charge on any atom is 0.344 e. The van der Waals surface area contributed by atoms with Gasteiger partial charge in [-0.1, -0.05) is 13.8 Å². The molecule has 0 aliphatic heterocycles. The van der Waals surface area contributed by atoms with Crippen LogP contribution in [-0.2, 0) is 0 Å². The van der Waals surface area contributed by atoms with Gasteiger partial charge in [-0.2, -0.15) is 0 Å². The summed E-state index contributed by atoms with van der Waals surface area (Å²) < 4.78 is 2.46. The van der Waals surface area contributed by atoms with Gasteiger partial charge in [0.15, 0.2) is 5.16 Å². The van der Waals surface area contributed by atoms with Crippen molar-refractivity contribution in [2.75, 3.05) is 0 Å². The third-order valence-electron chi connectivity index (χ3n) is 2.99. The zero-order chi connectivity index (χ0) is 14.3. The molecule has 1 N–H and O–H groups in total. The highest BCUT2D eigenvalue weighted by atomic mass is 79.9. The fourth-order valence-corrected chi connectivity index (χ4v) is 3.30. The number of nitrogens with one attached hydrogen (secondary N) is 1. The summed E-state index contributed by atoms with van der Waals surface area (Å²) >= 11 is 4.79. The van der Waals surface area contributed by atoms with Crippen LogP contribution in [0.2, 0.25) is 0 Å². The minimum Gasteiger partial charge on any atom is -0.267 e. The van der Waals surface area contributed by atoms with Crippen LogP contribution in [0.1, 0.15) is 44.5 Å². The first kappa shape index (κ1) is 13.8. The van der Waals surface area contributed by atoms with E-state index in [0.29, 0.717) is 11.2 Å². The molecule has 1 aliphatic rings. The van der Waals surface area contributed by atoms with E-state index >= 15 is 0 Å². The molecule has 1 aliphatic carbocycles. The third-order valence-corrected chi connectivity index (χ3v) is 4.28. The Labute approximate surface area is 128 Å². The van der Waals surface area contributed by atoms with Crippen molar-refractivity contribution in [1.29, 1.82) is 0 Å². The van der Waals surface area contributed by atoms with Gasteiger partial charge in [-0.15, -0.1) is 5.10 Å². The quantitative estimate of drug-likeness (QED) is 0.853. The summed E-state index contributed by atoms with van der Waals surface area (Å²) in [5.41, 5.74) is -0.146. The van der Waals surface area contributed by atoms with Crippen molar-refractivity contribution in [3.8, 4) is 0 Å². The molecule has 0 unspecified atom stereocenters. The highest BCUT2D eigenvalue weighted by molar-refractivity contribution is 9.10. The first-order valence-electron chi connectivity index (χ1n) is 6.44. The van der Waals surface area contributed by atoms with Crippen molar-refractivity contribution in [2.24, 2.45) is 0 Å². The number of nitrogens with zero attached hydrogens (tertiary/aromatic N) is 4. The number of rotatable bonds is 4. The Kier molecular flexibility index (Phi) is 3.68. The van der Waals surface area contributed by atoms with E-state index < -0.39 is 0 Å². The Morgan fingerprint density at radius 3 is 2.85 bits per heavy atom. The van der Waals surface area contributed by atoms with E-state index in [4.69, 9.17) is 0 Å². The Hall–Kier alpha value is -1.15. The standard InChI is InChI=1S/C12H14BrN5OS/c1-6(2)10-14-8(13)5-9(15-10)20-12-17-16-11(19)18(12)7-3-4-7/h5-7H,3-4H2,1-2H3,(H,16,19). The second-order valence-electron chi connectivity index (χ2n) is 5.06. The minimum absolute atomic E-state index is 0.146. The molecule has 6 nitrogen and oxygen atoms in total. The van der Waals surface area contributed by atoms with Crippen molar-refractivity contribution < 1.29 is 0 Å². The van der Waals surface area contributed by atoms with Gasteiger partial charge in [0, 0.05) is 18.0 Å². The summed E-state index contributed by atoms with van der Waals surface area (Å²) in [5.74, 6) is 1.02. The molecular formula is C12H14BrN5OS. The molecule has 106 valence electrons. The third kappa shape index (κ3) is 2.80. The molecule has 1 saturated carbocycles. The van der Waals surface area contributed by atoms with E-state index in [1.54, 1.807) is 4.57 Å². The first-order chi connectivity index (χ1) is 9.54. The fraction of sp³-hybridized carbons (Fsp3) is 0.500. The summed E-state index contributed by atoms with van der Waals surface area (Å²) in [4.78, 5) is 20.6. The fourth-order valence-electron chi connectivity index (χ4n) is 1.83. The van der Waals surface area contributed by atoms with Crippen molar-refractivity contribution in [3.05, 3.63) is 27.0 Å². The van der Waals surface area contributed by atoms with Gasteiger partial charge in [0.1, 0.15) is 15.5 Å². The summed E-state index contributed by atoms with van der Waals surface area (Å²) in [6.45, 7) is 4.09. The Bertz CT molecular complexity index is 691. The van der Waals surface area contributed by atoms with E-state index in [9.17, 15) is 4.79 Å². The monoisotopic (exact) mass is 355 g/mol. The molecule has 0 amide bonds. The average molecular weight is 356 g/mol. The summed E-state index contributed by atoms with van der Waals surface area (Å²) in [5, 5.41) is 8.05. The number of aromatic nitrogens is 5. The topological polar surface area (TPSA) is 76.5 Å². The normalized spacial score (nSPS) is 15.0. The second-order valence-corrected chi connectivity index (χ2v) is 6.86. The van der Waals surface area contributed by atoms with Crippen molar-refractivity contribution in [2.45, 2.75) is 48.8 Å². The Morgan fingerprint density at radius 2 is 2.20 bits per heavy atom. The van der Waals surface area contributed by atoms with Crippen LogP contribution in [0.4, 0.5) is 0 Å². The predicted octanol–water partition coefficient (Wildman–Crippen LogP) is 2.73. The Morgan fingerprint density at radius 1 is 1.45 bits per heavy atom. The van der Waals surface area contributed by atoms with Crippen LogP contribution < -0.4 is 5.69 Å². The van der Waals surface area contributed by atoms with Crippen molar-refractivity contribution in [3.63, 3.8) is 0 Å². The number of H-pyrrole nitrogens is 1. The van der Waals surface area contributed by atoms with Crippen LogP contribution in [0.15, 0.2) is 25.6 Å². The SMILES string of the molecule is CC(C)c1nc(Br)cc(Sc2n[nH]c(=O)n2C2CC2)n1. The van der Waals surface area contributed by atoms with Gasteiger partial charge in [-0.05, 0) is 40.5 Å². The molecule has 0 aromatic carbocycles. The Balaban J connectivity index is 1.93. The molecule has 20 heavy (non-hydrogen) atoms. The van der Waals surface area contributed by atoms with Crippen LogP contribution in [0, 0.1) is 0 Å². The molecule has 2 aromatic rings. The number of hydrogen-bond donors (Lipinski definition) is 1. The van der Waals surface area contributed by atoms with Crippen molar-refractivity contribution in [1.82, 2.24) is 24.7 Å². The van der Waals surface area contributed by atoms with Crippen molar-refractivity contribution >= 4 is 27.7 Å². The van der Waals surface area contributed by atoms with Gasteiger partial charge in [0.25, 0.3) is 0 Å².